The van der Waals surface area contributed by atoms with Crippen LogP contribution in [0.3, 0.4) is 0 Å². The monoisotopic (exact) mass is 551 g/mol. The molecule has 2 aliphatic heterocycles. The Labute approximate surface area is 219 Å². The van der Waals surface area contributed by atoms with E-state index in [-0.39, 0.29) is 57.9 Å². The second-order valence-corrected chi connectivity index (χ2v) is 10.2. The smallest absolute Gasteiger partial charge is 0.256 e. The standard InChI is InChI=1S/C25H26F5N7O2/c1-12-31-21-15(26)4-13(5-17(21)36(12)8-19(28)29)20-16(27)6-37-22(20)23(38-3)33-24(34-37)32-18-7-35(11-25(18,2)30)14-9-39-10-14/h4-6,14,18-19H,7-11H2,1-3H3,(H,32,34)/t18-,25?/m1/s1. The number of aryl methyl sites for hydroxylation is 1. The van der Waals surface area contributed by atoms with Gasteiger partial charge in [0, 0.05) is 13.1 Å². The number of methoxy groups -OCH3 is 1. The molecule has 9 nitrogen and oxygen atoms in total. The molecule has 2 fully saturated rings. The molecule has 0 bridgehead atoms. The van der Waals surface area contributed by atoms with E-state index in [0.29, 0.717) is 19.8 Å². The summed E-state index contributed by atoms with van der Waals surface area (Å²) in [5, 5.41) is 7.34. The van der Waals surface area contributed by atoms with E-state index in [1.54, 1.807) is 0 Å². The van der Waals surface area contributed by atoms with Gasteiger partial charge in [-0.1, -0.05) is 0 Å². The van der Waals surface area contributed by atoms with Crippen LogP contribution in [-0.2, 0) is 11.3 Å². The average Bonchev–Trinajstić information content (AvgIpc) is 3.42. The minimum atomic E-state index is -2.69. The SMILES string of the molecule is COc1nc(N[C@@H]2CN(C3COC3)CC2(C)F)nn2cc(F)c(-c3cc(F)c4nc(C)n(CC(F)F)c4c3)c12. The van der Waals surface area contributed by atoms with Crippen LogP contribution in [0.1, 0.15) is 12.7 Å². The van der Waals surface area contributed by atoms with E-state index in [4.69, 9.17) is 9.47 Å². The summed E-state index contributed by atoms with van der Waals surface area (Å²) in [6.45, 7) is 4.03. The Balaban J connectivity index is 1.40. The van der Waals surface area contributed by atoms with Crippen molar-refractivity contribution in [2.24, 2.45) is 0 Å². The van der Waals surface area contributed by atoms with Gasteiger partial charge in [0.05, 0.1) is 56.2 Å². The summed E-state index contributed by atoms with van der Waals surface area (Å²) in [7, 11) is 1.33. The molecule has 14 heteroatoms. The van der Waals surface area contributed by atoms with Crippen molar-refractivity contribution in [3.05, 3.63) is 35.8 Å². The van der Waals surface area contributed by atoms with Crippen molar-refractivity contribution in [3.8, 4) is 17.0 Å². The molecule has 0 radical (unpaired) electrons. The van der Waals surface area contributed by atoms with Crippen molar-refractivity contribution in [2.45, 2.75) is 44.6 Å². The van der Waals surface area contributed by atoms with E-state index < -0.39 is 36.3 Å². The number of ether oxygens (including phenoxy) is 2. The van der Waals surface area contributed by atoms with Crippen LogP contribution in [0.4, 0.5) is 27.9 Å². The number of benzene rings is 1. The van der Waals surface area contributed by atoms with Crippen LogP contribution in [0, 0.1) is 18.6 Å². The van der Waals surface area contributed by atoms with E-state index in [1.807, 2.05) is 4.90 Å². The molecule has 0 amide bonds. The Hall–Kier alpha value is -3.52. The van der Waals surface area contributed by atoms with E-state index in [9.17, 15) is 8.78 Å². The topological polar surface area (TPSA) is 81.7 Å². The summed E-state index contributed by atoms with van der Waals surface area (Å²) in [5.74, 6) is -1.36. The van der Waals surface area contributed by atoms with Crippen molar-refractivity contribution < 1.29 is 31.4 Å². The predicted octanol–water partition coefficient (Wildman–Crippen LogP) is 3.83. The molecular formula is C25H26F5N7O2. The molecule has 0 spiro atoms. The summed E-state index contributed by atoms with van der Waals surface area (Å²) >= 11 is 0. The number of likely N-dealkylation sites (tertiary alicyclic amines) is 1. The van der Waals surface area contributed by atoms with Crippen molar-refractivity contribution in [3.63, 3.8) is 0 Å². The molecule has 208 valence electrons. The van der Waals surface area contributed by atoms with E-state index in [2.05, 4.69) is 20.4 Å². The molecule has 2 saturated heterocycles. The zero-order valence-electron chi connectivity index (χ0n) is 21.4. The number of aromatic nitrogens is 5. The lowest BCUT2D eigenvalue weighted by atomic mass is 10.0. The van der Waals surface area contributed by atoms with E-state index >= 15 is 13.2 Å². The highest BCUT2D eigenvalue weighted by molar-refractivity contribution is 5.90. The fourth-order valence-electron chi connectivity index (χ4n) is 5.37. The number of nitrogens with one attached hydrogen (secondary N) is 1. The lowest BCUT2D eigenvalue weighted by molar-refractivity contribution is -0.0606. The Morgan fingerprint density at radius 1 is 1.21 bits per heavy atom. The Morgan fingerprint density at radius 2 is 1.97 bits per heavy atom. The minimum absolute atomic E-state index is 0.0220. The van der Waals surface area contributed by atoms with Crippen LogP contribution < -0.4 is 10.1 Å². The van der Waals surface area contributed by atoms with E-state index in [1.165, 1.54) is 36.1 Å². The maximum atomic E-state index is 15.4. The second-order valence-electron chi connectivity index (χ2n) is 10.2. The molecule has 39 heavy (non-hydrogen) atoms. The molecule has 3 aromatic heterocycles. The van der Waals surface area contributed by atoms with Crippen LogP contribution in [0.25, 0.3) is 27.7 Å². The van der Waals surface area contributed by atoms with Gasteiger partial charge in [0.15, 0.2) is 11.6 Å². The Morgan fingerprint density at radius 3 is 2.64 bits per heavy atom. The van der Waals surface area contributed by atoms with Crippen molar-refractivity contribution in [2.75, 3.05) is 38.7 Å². The lowest BCUT2D eigenvalue weighted by Gasteiger charge is -2.34. The first kappa shape index (κ1) is 25.7. The number of imidazole rings is 1. The maximum absolute atomic E-state index is 15.4. The maximum Gasteiger partial charge on any atom is 0.256 e. The minimum Gasteiger partial charge on any atom is -0.479 e. The fraction of sp³-hybridized carbons (Fsp3) is 0.480. The van der Waals surface area contributed by atoms with Crippen LogP contribution in [0.15, 0.2) is 18.3 Å². The van der Waals surface area contributed by atoms with Crippen LogP contribution in [0.5, 0.6) is 5.88 Å². The summed E-state index contributed by atoms with van der Waals surface area (Å²) in [5.41, 5.74) is -1.48. The normalized spacial score (nSPS) is 22.3. The molecule has 0 saturated carbocycles. The molecule has 4 aromatic rings. The molecule has 1 unspecified atom stereocenters. The highest BCUT2D eigenvalue weighted by atomic mass is 19.3. The zero-order valence-corrected chi connectivity index (χ0v) is 21.4. The van der Waals surface area contributed by atoms with E-state index in [0.717, 1.165) is 12.3 Å². The third kappa shape index (κ3) is 4.35. The van der Waals surface area contributed by atoms with Gasteiger partial charge in [-0.05, 0) is 31.5 Å². The predicted molar refractivity (Wildman–Crippen MR) is 132 cm³/mol. The van der Waals surface area contributed by atoms with Crippen LogP contribution in [-0.4, -0.2) is 86.6 Å². The number of halogens is 5. The van der Waals surface area contributed by atoms with Gasteiger partial charge >= 0.3 is 0 Å². The third-order valence-electron chi connectivity index (χ3n) is 7.45. The summed E-state index contributed by atoms with van der Waals surface area (Å²) in [6, 6.07) is 1.99. The number of alkyl halides is 3. The first-order chi connectivity index (χ1) is 18.6. The Bertz CT molecular complexity index is 1570. The van der Waals surface area contributed by atoms with Crippen LogP contribution >= 0.6 is 0 Å². The molecule has 1 aromatic carbocycles. The number of anilines is 1. The van der Waals surface area contributed by atoms with Gasteiger partial charge in [0.2, 0.25) is 11.8 Å². The molecule has 6 rings (SSSR count). The molecule has 0 aliphatic carbocycles. The average molecular weight is 552 g/mol. The molecular weight excluding hydrogens is 525 g/mol. The number of fused-ring (bicyclic) bond motifs is 2. The van der Waals surface area contributed by atoms with Gasteiger partial charge < -0.3 is 19.4 Å². The van der Waals surface area contributed by atoms with Crippen molar-refractivity contribution >= 4 is 22.5 Å². The first-order valence-electron chi connectivity index (χ1n) is 12.4. The fourth-order valence-corrected chi connectivity index (χ4v) is 5.37. The molecule has 5 heterocycles. The first-order valence-corrected chi connectivity index (χ1v) is 12.4. The molecule has 2 atom stereocenters. The largest absolute Gasteiger partial charge is 0.479 e. The van der Waals surface area contributed by atoms with Gasteiger partial charge in [-0.15, -0.1) is 5.10 Å². The highest BCUT2D eigenvalue weighted by Gasteiger charge is 2.47. The quantitative estimate of drug-likeness (QED) is 0.350. The molecule has 2 aliphatic rings. The number of hydrogen-bond donors (Lipinski definition) is 1. The van der Waals surface area contributed by atoms with Gasteiger partial charge in [0.25, 0.3) is 6.43 Å². The Kier molecular flexibility index (Phi) is 6.14. The number of hydrogen-bond acceptors (Lipinski definition) is 7. The lowest BCUT2D eigenvalue weighted by Crippen LogP contribution is -2.48. The van der Waals surface area contributed by atoms with Gasteiger partial charge in [-0.3, -0.25) is 4.90 Å². The number of rotatable bonds is 7. The van der Waals surface area contributed by atoms with Gasteiger partial charge in [-0.2, -0.15) is 4.98 Å². The third-order valence-corrected chi connectivity index (χ3v) is 7.45. The van der Waals surface area contributed by atoms with Crippen molar-refractivity contribution in [1.29, 1.82) is 0 Å². The van der Waals surface area contributed by atoms with Gasteiger partial charge in [0.1, 0.15) is 22.5 Å². The zero-order chi connectivity index (χ0) is 27.6. The van der Waals surface area contributed by atoms with Crippen LogP contribution in [0.2, 0.25) is 0 Å². The summed E-state index contributed by atoms with van der Waals surface area (Å²) in [6.07, 6.45) is -1.62. The van der Waals surface area contributed by atoms with Gasteiger partial charge in [-0.25, -0.2) is 31.5 Å². The number of nitrogens with zero attached hydrogens (tertiary/aromatic N) is 6. The summed E-state index contributed by atoms with van der Waals surface area (Å²) in [4.78, 5) is 10.4. The molecule has 1 N–H and O–H groups in total. The summed E-state index contributed by atoms with van der Waals surface area (Å²) < 4.78 is 85.3. The van der Waals surface area contributed by atoms with Crippen molar-refractivity contribution in [1.82, 2.24) is 29.0 Å². The highest BCUT2D eigenvalue weighted by Crippen LogP contribution is 2.37. The second kappa shape index (κ2) is 9.30.